The summed E-state index contributed by atoms with van der Waals surface area (Å²) in [6.45, 7) is 0. The first-order valence-corrected chi connectivity index (χ1v) is 11.9. The number of hydrogen-bond donors (Lipinski definition) is 2. The molecule has 0 aromatic heterocycles. The Bertz CT molecular complexity index is 1450. The molecule has 13 heteroatoms. The van der Waals surface area contributed by atoms with Crippen LogP contribution in [0.3, 0.4) is 0 Å². The van der Waals surface area contributed by atoms with Crippen LogP contribution in [0.15, 0.2) is 54.6 Å². The minimum Gasteiger partial charge on any atom is -0.369 e. The molecule has 2 unspecified atom stereocenters. The molecule has 3 N–H and O–H groups in total. The number of benzene rings is 3. The SMILES string of the molecule is NC(=O)C1(c2ccc(Cl)c(C(=O)Nc3ccc(F)cc3[N+](=O)[O-])c2)C(c2ccc(Cl)c(Cl)c2)C1(Cl)Cl. The summed E-state index contributed by atoms with van der Waals surface area (Å²) < 4.78 is 11.8. The molecular formula is C23H13Cl5FN3O4. The largest absolute Gasteiger partial charge is 0.369 e. The number of amides is 2. The summed E-state index contributed by atoms with van der Waals surface area (Å²) in [6, 6.07) is 11.3. The molecule has 4 rings (SSSR count). The second kappa shape index (κ2) is 9.36. The maximum Gasteiger partial charge on any atom is 0.295 e. The van der Waals surface area contributed by atoms with Crippen molar-refractivity contribution >= 4 is 81.2 Å². The van der Waals surface area contributed by atoms with Crippen molar-refractivity contribution in [2.75, 3.05) is 5.32 Å². The number of halogens is 6. The van der Waals surface area contributed by atoms with Crippen LogP contribution in [-0.2, 0) is 10.2 Å². The first kappa shape index (κ1) is 26.4. The van der Waals surface area contributed by atoms with Gasteiger partial charge in [-0.3, -0.25) is 19.7 Å². The van der Waals surface area contributed by atoms with E-state index in [0.717, 1.165) is 12.1 Å². The Balaban J connectivity index is 1.77. The molecule has 1 aliphatic rings. The lowest BCUT2D eigenvalue weighted by Gasteiger charge is -2.17. The molecule has 0 bridgehead atoms. The zero-order chi connectivity index (χ0) is 26.6. The van der Waals surface area contributed by atoms with Crippen LogP contribution in [0, 0.1) is 15.9 Å². The predicted molar refractivity (Wildman–Crippen MR) is 137 cm³/mol. The summed E-state index contributed by atoms with van der Waals surface area (Å²) in [7, 11) is 0. The third-order valence-electron chi connectivity index (χ3n) is 5.97. The van der Waals surface area contributed by atoms with Crippen LogP contribution in [0.1, 0.15) is 27.4 Å². The van der Waals surface area contributed by atoms with Crippen molar-refractivity contribution in [3.05, 3.63) is 102 Å². The van der Waals surface area contributed by atoms with Gasteiger partial charge in [0.25, 0.3) is 11.6 Å². The molecule has 2 atom stereocenters. The minimum atomic E-state index is -1.71. The van der Waals surface area contributed by atoms with E-state index in [4.69, 9.17) is 63.7 Å². The average Bonchev–Trinajstić information content (AvgIpc) is 3.34. The first-order valence-electron chi connectivity index (χ1n) is 10.00. The number of nitrogens with two attached hydrogens (primary N) is 1. The van der Waals surface area contributed by atoms with Gasteiger partial charge in [-0.2, -0.15) is 0 Å². The van der Waals surface area contributed by atoms with Gasteiger partial charge in [-0.15, -0.1) is 0 Å². The number of carbonyl (C=O) groups excluding carboxylic acids is 2. The smallest absolute Gasteiger partial charge is 0.295 e. The van der Waals surface area contributed by atoms with E-state index in [1.54, 1.807) is 6.07 Å². The van der Waals surface area contributed by atoms with Gasteiger partial charge < -0.3 is 11.1 Å². The Kier molecular flexibility index (Phi) is 6.87. The van der Waals surface area contributed by atoms with Gasteiger partial charge in [-0.1, -0.05) is 70.1 Å². The number of nitro groups is 1. The third kappa shape index (κ3) is 4.17. The maximum atomic E-state index is 13.5. The van der Waals surface area contributed by atoms with Crippen LogP contribution >= 0.6 is 58.0 Å². The summed E-state index contributed by atoms with van der Waals surface area (Å²) in [6.07, 6.45) is 0. The molecule has 0 radical (unpaired) electrons. The van der Waals surface area contributed by atoms with E-state index >= 15 is 0 Å². The highest BCUT2D eigenvalue weighted by molar-refractivity contribution is 6.55. The van der Waals surface area contributed by atoms with Crippen molar-refractivity contribution in [3.8, 4) is 0 Å². The fraction of sp³-hybridized carbons (Fsp3) is 0.130. The number of carbonyl (C=O) groups is 2. The molecule has 2 amide bonds. The minimum absolute atomic E-state index is 0.0397. The second-order valence-corrected chi connectivity index (χ2v) is 10.6. The lowest BCUT2D eigenvalue weighted by molar-refractivity contribution is -0.384. The summed E-state index contributed by atoms with van der Waals surface area (Å²) in [5.74, 6) is -3.44. The molecular weight excluding hydrogens is 579 g/mol. The van der Waals surface area contributed by atoms with Crippen molar-refractivity contribution in [2.45, 2.75) is 15.7 Å². The summed E-state index contributed by atoms with van der Waals surface area (Å²) >= 11 is 31.6. The van der Waals surface area contributed by atoms with E-state index in [9.17, 15) is 24.1 Å². The van der Waals surface area contributed by atoms with Gasteiger partial charge in [0.2, 0.25) is 5.91 Å². The van der Waals surface area contributed by atoms with Gasteiger partial charge in [0.05, 0.1) is 31.6 Å². The molecule has 0 aliphatic heterocycles. The molecule has 7 nitrogen and oxygen atoms in total. The summed E-state index contributed by atoms with van der Waals surface area (Å²) in [4.78, 5) is 36.3. The number of nitrogens with zero attached hydrogens (tertiary/aromatic N) is 1. The molecule has 3 aromatic rings. The standard InChI is InChI=1S/C23H13Cl5FN3O4/c24-14-5-2-11(8-13(14)20(33)31-17-6-3-12(29)9-18(17)32(35)36)22(21(30)34)19(23(22,27)28)10-1-4-15(25)16(26)7-10/h1-9,19H,(H2,30,34)(H,31,33). The van der Waals surface area contributed by atoms with Gasteiger partial charge in [-0.05, 0) is 47.5 Å². The van der Waals surface area contributed by atoms with Crippen molar-refractivity contribution in [3.63, 3.8) is 0 Å². The summed E-state index contributed by atoms with van der Waals surface area (Å²) in [5, 5.41) is 14.1. The van der Waals surface area contributed by atoms with E-state index in [0.29, 0.717) is 11.6 Å². The number of rotatable bonds is 6. The van der Waals surface area contributed by atoms with Gasteiger partial charge in [0.15, 0.2) is 0 Å². The molecule has 1 fully saturated rings. The fourth-order valence-electron chi connectivity index (χ4n) is 4.26. The van der Waals surface area contributed by atoms with E-state index in [-0.39, 0.29) is 31.9 Å². The highest BCUT2D eigenvalue weighted by Crippen LogP contribution is 2.74. The molecule has 0 heterocycles. The van der Waals surface area contributed by atoms with E-state index < -0.39 is 43.9 Å². The molecule has 0 spiro atoms. The second-order valence-electron chi connectivity index (χ2n) is 7.97. The zero-order valence-corrected chi connectivity index (χ0v) is 21.5. The monoisotopic (exact) mass is 589 g/mol. The number of nitro benzene ring substituents is 1. The number of alkyl halides is 2. The molecule has 3 aromatic carbocycles. The van der Waals surface area contributed by atoms with Crippen molar-refractivity contribution in [1.82, 2.24) is 0 Å². The van der Waals surface area contributed by atoms with Crippen molar-refractivity contribution in [1.29, 1.82) is 0 Å². The normalized spacial score (nSPS) is 20.0. The summed E-state index contributed by atoms with van der Waals surface area (Å²) in [5.41, 5.74) is 3.69. The van der Waals surface area contributed by atoms with Crippen LogP contribution in [0.2, 0.25) is 15.1 Å². The predicted octanol–water partition coefficient (Wildman–Crippen LogP) is 6.64. The van der Waals surface area contributed by atoms with Crippen LogP contribution in [-0.4, -0.2) is 21.1 Å². The Morgan fingerprint density at radius 2 is 1.64 bits per heavy atom. The molecule has 1 saturated carbocycles. The average molecular weight is 592 g/mol. The van der Waals surface area contributed by atoms with Gasteiger partial charge in [-0.25, -0.2) is 4.39 Å². The zero-order valence-electron chi connectivity index (χ0n) is 17.7. The Labute approximate surface area is 228 Å². The first-order chi connectivity index (χ1) is 16.8. The Hall–Kier alpha value is -2.62. The van der Waals surface area contributed by atoms with Crippen LogP contribution in [0.4, 0.5) is 15.8 Å². The van der Waals surface area contributed by atoms with E-state index in [2.05, 4.69) is 5.32 Å². The number of primary amides is 1. The van der Waals surface area contributed by atoms with E-state index in [1.165, 1.54) is 30.3 Å². The van der Waals surface area contributed by atoms with Gasteiger partial charge in [0, 0.05) is 5.92 Å². The maximum absolute atomic E-state index is 13.5. The topological polar surface area (TPSA) is 115 Å². The van der Waals surface area contributed by atoms with Crippen LogP contribution < -0.4 is 11.1 Å². The Morgan fingerprint density at radius 1 is 0.972 bits per heavy atom. The number of nitrogens with one attached hydrogen (secondary N) is 1. The van der Waals surface area contributed by atoms with Crippen molar-refractivity contribution < 1.29 is 18.9 Å². The quantitative estimate of drug-likeness (QED) is 0.190. The van der Waals surface area contributed by atoms with Gasteiger partial charge in [0.1, 0.15) is 21.3 Å². The highest BCUT2D eigenvalue weighted by atomic mass is 35.5. The van der Waals surface area contributed by atoms with Crippen LogP contribution in [0.5, 0.6) is 0 Å². The molecule has 36 heavy (non-hydrogen) atoms. The highest BCUT2D eigenvalue weighted by Gasteiger charge is 2.80. The number of anilines is 1. The lowest BCUT2D eigenvalue weighted by Crippen LogP contribution is -2.34. The van der Waals surface area contributed by atoms with Gasteiger partial charge >= 0.3 is 0 Å². The molecule has 1 aliphatic carbocycles. The van der Waals surface area contributed by atoms with Crippen LogP contribution in [0.25, 0.3) is 0 Å². The Morgan fingerprint density at radius 3 is 2.25 bits per heavy atom. The molecule has 186 valence electrons. The number of hydrogen-bond acceptors (Lipinski definition) is 4. The van der Waals surface area contributed by atoms with Crippen molar-refractivity contribution in [2.24, 2.45) is 5.73 Å². The lowest BCUT2D eigenvalue weighted by atomic mass is 9.88. The van der Waals surface area contributed by atoms with E-state index in [1.807, 2.05) is 0 Å². The molecule has 0 saturated heterocycles. The fourth-order valence-corrected chi connectivity index (χ4v) is 5.86. The third-order valence-corrected chi connectivity index (χ3v) is 8.08.